The highest BCUT2D eigenvalue weighted by Crippen LogP contribution is 2.35. The van der Waals surface area contributed by atoms with E-state index in [-0.39, 0.29) is 6.04 Å². The van der Waals surface area contributed by atoms with Crippen LogP contribution in [0.2, 0.25) is 0 Å². The van der Waals surface area contributed by atoms with E-state index in [1.807, 2.05) is 29.2 Å². The van der Waals surface area contributed by atoms with Crippen molar-refractivity contribution in [2.24, 2.45) is 0 Å². The Morgan fingerprint density at radius 3 is 2.76 bits per heavy atom. The number of para-hydroxylation sites is 1. The van der Waals surface area contributed by atoms with E-state index in [1.165, 1.54) is 12.1 Å². The van der Waals surface area contributed by atoms with Crippen LogP contribution in [0, 0.1) is 0 Å². The molecule has 1 saturated heterocycles. The molecule has 0 spiro atoms. The van der Waals surface area contributed by atoms with Gasteiger partial charge >= 0.3 is 6.18 Å². The summed E-state index contributed by atoms with van der Waals surface area (Å²) in [5.41, 5.74) is 1.71. The highest BCUT2D eigenvalue weighted by Gasteiger charge is 2.32. The quantitative estimate of drug-likeness (QED) is 0.743. The number of benzene rings is 2. The van der Waals surface area contributed by atoms with Crippen LogP contribution >= 0.6 is 0 Å². The third kappa shape index (κ3) is 2.95. The number of aromatic nitrogens is 2. The standard InChI is InChI=1S/C18H17F3N4/c19-18(20,21)12-4-3-5-13(10-12)25-9-8-22-11-16(25)17-14-6-1-2-7-15(14)23-24-17/h1-7,10,16,22H,8-9,11H2,(H,23,24). The second-order valence-corrected chi connectivity index (χ2v) is 6.12. The van der Waals surface area contributed by atoms with Crippen molar-refractivity contribution in [1.82, 2.24) is 15.5 Å². The predicted molar refractivity (Wildman–Crippen MR) is 90.5 cm³/mol. The van der Waals surface area contributed by atoms with Gasteiger partial charge in [-0.3, -0.25) is 5.10 Å². The minimum absolute atomic E-state index is 0.107. The molecule has 2 N–H and O–H groups in total. The van der Waals surface area contributed by atoms with Gasteiger partial charge in [0.1, 0.15) is 0 Å². The summed E-state index contributed by atoms with van der Waals surface area (Å²) in [5.74, 6) is 0. The van der Waals surface area contributed by atoms with Crippen LogP contribution in [0.1, 0.15) is 17.3 Å². The molecule has 25 heavy (non-hydrogen) atoms. The molecule has 7 heteroatoms. The zero-order chi connectivity index (χ0) is 17.4. The van der Waals surface area contributed by atoms with Crippen LogP contribution in [-0.4, -0.2) is 29.8 Å². The fraction of sp³-hybridized carbons (Fsp3) is 0.278. The van der Waals surface area contributed by atoms with E-state index in [9.17, 15) is 13.2 Å². The number of rotatable bonds is 2. The molecule has 2 aromatic carbocycles. The number of aromatic amines is 1. The van der Waals surface area contributed by atoms with Gasteiger partial charge in [0, 0.05) is 30.7 Å². The van der Waals surface area contributed by atoms with E-state index in [0.717, 1.165) is 29.2 Å². The number of H-pyrrole nitrogens is 1. The van der Waals surface area contributed by atoms with Gasteiger partial charge in [-0.05, 0) is 24.3 Å². The summed E-state index contributed by atoms with van der Waals surface area (Å²) in [6, 6.07) is 13.2. The number of piperazine rings is 1. The lowest BCUT2D eigenvalue weighted by Gasteiger charge is -2.37. The van der Waals surface area contributed by atoms with Gasteiger partial charge in [-0.15, -0.1) is 0 Å². The Morgan fingerprint density at radius 1 is 1.08 bits per heavy atom. The van der Waals surface area contributed by atoms with Gasteiger partial charge < -0.3 is 10.2 Å². The number of alkyl halides is 3. The van der Waals surface area contributed by atoms with Crippen LogP contribution in [0.5, 0.6) is 0 Å². The number of halogens is 3. The van der Waals surface area contributed by atoms with Gasteiger partial charge in [0.2, 0.25) is 0 Å². The summed E-state index contributed by atoms with van der Waals surface area (Å²) in [5, 5.41) is 11.7. The largest absolute Gasteiger partial charge is 0.416 e. The van der Waals surface area contributed by atoms with E-state index < -0.39 is 11.7 Å². The van der Waals surface area contributed by atoms with Gasteiger partial charge in [-0.1, -0.05) is 24.3 Å². The number of fused-ring (bicyclic) bond motifs is 1. The molecule has 1 aliphatic heterocycles. The van der Waals surface area contributed by atoms with Gasteiger partial charge in [0.05, 0.1) is 22.8 Å². The van der Waals surface area contributed by atoms with E-state index in [4.69, 9.17) is 0 Å². The lowest BCUT2D eigenvalue weighted by molar-refractivity contribution is -0.137. The van der Waals surface area contributed by atoms with Crippen LogP contribution in [0.4, 0.5) is 18.9 Å². The van der Waals surface area contributed by atoms with Crippen molar-refractivity contribution in [3.8, 4) is 0 Å². The molecule has 1 atom stereocenters. The Labute approximate surface area is 142 Å². The maximum absolute atomic E-state index is 13.1. The van der Waals surface area contributed by atoms with Crippen molar-refractivity contribution in [3.05, 3.63) is 59.8 Å². The van der Waals surface area contributed by atoms with Crippen molar-refractivity contribution in [2.75, 3.05) is 24.5 Å². The average molecular weight is 346 g/mol. The zero-order valence-electron chi connectivity index (χ0n) is 13.3. The Bertz CT molecular complexity index is 887. The fourth-order valence-corrected chi connectivity index (χ4v) is 3.37. The van der Waals surface area contributed by atoms with Crippen LogP contribution in [0.25, 0.3) is 10.9 Å². The van der Waals surface area contributed by atoms with E-state index >= 15 is 0 Å². The molecule has 130 valence electrons. The first-order valence-electron chi connectivity index (χ1n) is 8.11. The number of hydrogen-bond acceptors (Lipinski definition) is 3. The van der Waals surface area contributed by atoms with Crippen LogP contribution in [-0.2, 0) is 6.18 Å². The SMILES string of the molecule is FC(F)(F)c1cccc(N2CCNCC2c2[nH]nc3ccccc23)c1. The van der Waals surface area contributed by atoms with Crippen molar-refractivity contribution >= 4 is 16.6 Å². The Kier molecular flexibility index (Phi) is 3.88. The summed E-state index contributed by atoms with van der Waals surface area (Å²) < 4.78 is 39.2. The summed E-state index contributed by atoms with van der Waals surface area (Å²) in [6.07, 6.45) is -4.35. The number of nitrogens with zero attached hydrogens (tertiary/aromatic N) is 2. The molecular weight excluding hydrogens is 329 g/mol. The Morgan fingerprint density at radius 2 is 1.92 bits per heavy atom. The highest BCUT2D eigenvalue weighted by molar-refractivity contribution is 5.82. The van der Waals surface area contributed by atoms with Gasteiger partial charge in [-0.25, -0.2) is 0 Å². The first kappa shape index (κ1) is 16.0. The molecule has 3 aromatic rings. The minimum atomic E-state index is -4.35. The summed E-state index contributed by atoms with van der Waals surface area (Å²) in [6.45, 7) is 1.99. The summed E-state index contributed by atoms with van der Waals surface area (Å²) in [7, 11) is 0. The van der Waals surface area contributed by atoms with E-state index in [2.05, 4.69) is 15.5 Å². The monoisotopic (exact) mass is 346 g/mol. The zero-order valence-corrected chi connectivity index (χ0v) is 13.3. The predicted octanol–water partition coefficient (Wildman–Crippen LogP) is 3.73. The molecule has 1 aliphatic rings. The molecule has 1 unspecified atom stereocenters. The van der Waals surface area contributed by atoms with Crippen molar-refractivity contribution in [3.63, 3.8) is 0 Å². The molecule has 0 amide bonds. The van der Waals surface area contributed by atoms with Crippen molar-refractivity contribution in [2.45, 2.75) is 12.2 Å². The molecule has 0 radical (unpaired) electrons. The molecule has 4 rings (SSSR count). The lowest BCUT2D eigenvalue weighted by Crippen LogP contribution is -2.46. The molecule has 2 heterocycles. The third-order valence-corrected chi connectivity index (χ3v) is 4.57. The molecule has 1 aromatic heterocycles. The van der Waals surface area contributed by atoms with Gasteiger partial charge in [0.15, 0.2) is 0 Å². The smallest absolute Gasteiger partial charge is 0.360 e. The number of anilines is 1. The molecule has 0 aliphatic carbocycles. The maximum Gasteiger partial charge on any atom is 0.416 e. The number of nitrogens with one attached hydrogen (secondary N) is 2. The van der Waals surface area contributed by atoms with E-state index in [1.54, 1.807) is 6.07 Å². The minimum Gasteiger partial charge on any atom is -0.360 e. The first-order valence-corrected chi connectivity index (χ1v) is 8.11. The molecule has 1 fully saturated rings. The Hall–Kier alpha value is -2.54. The molecule has 0 bridgehead atoms. The van der Waals surface area contributed by atoms with Crippen molar-refractivity contribution in [1.29, 1.82) is 0 Å². The normalized spacial score (nSPS) is 18.7. The van der Waals surface area contributed by atoms with Crippen LogP contribution in [0.15, 0.2) is 48.5 Å². The first-order chi connectivity index (χ1) is 12.0. The van der Waals surface area contributed by atoms with Crippen molar-refractivity contribution < 1.29 is 13.2 Å². The maximum atomic E-state index is 13.1. The third-order valence-electron chi connectivity index (χ3n) is 4.57. The fourth-order valence-electron chi connectivity index (χ4n) is 3.37. The average Bonchev–Trinajstić information content (AvgIpc) is 3.05. The molecule has 0 saturated carbocycles. The second-order valence-electron chi connectivity index (χ2n) is 6.12. The molecule has 4 nitrogen and oxygen atoms in total. The van der Waals surface area contributed by atoms with Gasteiger partial charge in [-0.2, -0.15) is 18.3 Å². The Balaban J connectivity index is 1.75. The number of hydrogen-bond donors (Lipinski definition) is 2. The van der Waals surface area contributed by atoms with Crippen LogP contribution < -0.4 is 10.2 Å². The highest BCUT2D eigenvalue weighted by atomic mass is 19.4. The topological polar surface area (TPSA) is 44.0 Å². The molecular formula is C18H17F3N4. The van der Waals surface area contributed by atoms with E-state index in [0.29, 0.717) is 18.8 Å². The lowest BCUT2D eigenvalue weighted by atomic mass is 10.0. The summed E-state index contributed by atoms with van der Waals surface area (Å²) >= 11 is 0. The van der Waals surface area contributed by atoms with Gasteiger partial charge in [0.25, 0.3) is 0 Å². The summed E-state index contributed by atoms with van der Waals surface area (Å²) in [4.78, 5) is 2.01. The second kappa shape index (κ2) is 6.07. The van der Waals surface area contributed by atoms with Crippen LogP contribution in [0.3, 0.4) is 0 Å².